The summed E-state index contributed by atoms with van der Waals surface area (Å²) in [6.45, 7) is 1.73. The van der Waals surface area contributed by atoms with Gasteiger partial charge in [-0.1, -0.05) is 11.6 Å². The Balaban J connectivity index is 3.47. The second-order valence-corrected chi connectivity index (χ2v) is 5.46. The maximum absolute atomic E-state index is 11.3. The van der Waals surface area contributed by atoms with E-state index in [0.29, 0.717) is 0 Å². The zero-order chi connectivity index (χ0) is 11.6. The van der Waals surface area contributed by atoms with Crippen LogP contribution in [0.3, 0.4) is 0 Å². The molecule has 15 heavy (non-hydrogen) atoms. The number of hydrogen-bond donors (Lipinski definition) is 0. The van der Waals surface area contributed by atoms with Crippen LogP contribution in [0.25, 0.3) is 0 Å². The number of benzene rings is 1. The first-order valence-electron chi connectivity index (χ1n) is 4.00. The van der Waals surface area contributed by atoms with Crippen molar-refractivity contribution in [2.24, 2.45) is 0 Å². The van der Waals surface area contributed by atoms with E-state index in [-0.39, 0.29) is 10.5 Å². The number of carbonyl (C=O) groups is 1. The van der Waals surface area contributed by atoms with Crippen molar-refractivity contribution < 1.29 is 17.9 Å². The second-order valence-electron chi connectivity index (χ2n) is 2.93. The molecular formula is C9H9ClO4S. The number of carbonyl (C=O) groups excluding carboxylic acids is 1. The number of hydrogen-bond acceptors (Lipinski definition) is 4. The Hall–Kier alpha value is -1.07. The first-order chi connectivity index (χ1) is 6.86. The lowest BCUT2D eigenvalue weighted by atomic mass is 10.1. The molecule has 0 aliphatic rings. The average Bonchev–Trinajstić information content (AvgIpc) is 2.14. The van der Waals surface area contributed by atoms with Crippen LogP contribution >= 0.6 is 10.7 Å². The van der Waals surface area contributed by atoms with Gasteiger partial charge in [-0.15, -0.1) is 0 Å². The molecule has 0 atom stereocenters. The summed E-state index contributed by atoms with van der Waals surface area (Å²) in [5.74, 6) is -0.724. The number of methoxy groups -OCH3 is 1. The maximum atomic E-state index is 11.3. The Morgan fingerprint density at radius 1 is 1.40 bits per heavy atom. The molecule has 0 heterocycles. The molecule has 1 aromatic rings. The summed E-state index contributed by atoms with van der Waals surface area (Å²) in [7, 11) is 2.42. The summed E-state index contributed by atoms with van der Waals surface area (Å²) < 4.78 is 26.8. The smallest absolute Gasteiger partial charge is 0.339 e. The molecule has 6 heteroatoms. The van der Waals surface area contributed by atoms with Gasteiger partial charge in [0.25, 0.3) is 9.05 Å². The van der Waals surface area contributed by atoms with Crippen LogP contribution in [0.15, 0.2) is 23.1 Å². The molecule has 0 aliphatic carbocycles. The van der Waals surface area contributed by atoms with E-state index >= 15 is 0 Å². The summed E-state index contributed by atoms with van der Waals surface area (Å²) >= 11 is 0. The minimum absolute atomic E-state index is 0.0486. The molecule has 0 radical (unpaired) electrons. The van der Waals surface area contributed by atoms with Gasteiger partial charge in [0.05, 0.1) is 17.6 Å². The zero-order valence-corrected chi connectivity index (χ0v) is 9.72. The van der Waals surface area contributed by atoms with E-state index in [1.54, 1.807) is 13.0 Å². The third-order valence-corrected chi connectivity index (χ3v) is 3.18. The van der Waals surface area contributed by atoms with Gasteiger partial charge in [-0.25, -0.2) is 13.2 Å². The molecular weight excluding hydrogens is 240 g/mol. The summed E-state index contributed by atoms with van der Waals surface area (Å²) in [4.78, 5) is 11.1. The third-order valence-electron chi connectivity index (χ3n) is 1.80. The highest BCUT2D eigenvalue weighted by atomic mass is 35.7. The lowest BCUT2D eigenvalue weighted by Gasteiger charge is -2.05. The summed E-state index contributed by atoms with van der Waals surface area (Å²) in [5.41, 5.74) is 0.701. The molecule has 82 valence electrons. The van der Waals surface area contributed by atoms with Crippen LogP contribution in [-0.2, 0) is 13.8 Å². The predicted octanol–water partition coefficient (Wildman–Crippen LogP) is 1.71. The molecule has 1 rings (SSSR count). The van der Waals surface area contributed by atoms with Crippen molar-refractivity contribution in [3.05, 3.63) is 29.3 Å². The van der Waals surface area contributed by atoms with E-state index in [9.17, 15) is 13.2 Å². The quantitative estimate of drug-likeness (QED) is 0.591. The topological polar surface area (TPSA) is 60.4 Å². The maximum Gasteiger partial charge on any atom is 0.339 e. The van der Waals surface area contributed by atoms with Gasteiger partial charge in [0.2, 0.25) is 0 Å². The van der Waals surface area contributed by atoms with Crippen LogP contribution in [0.1, 0.15) is 15.9 Å². The fraction of sp³-hybridized carbons (Fsp3) is 0.222. The van der Waals surface area contributed by atoms with Gasteiger partial charge in [-0.3, -0.25) is 0 Å². The minimum atomic E-state index is -3.93. The van der Waals surface area contributed by atoms with E-state index in [1.807, 2.05) is 0 Å². The van der Waals surface area contributed by atoms with Gasteiger partial charge < -0.3 is 4.74 Å². The van der Waals surface area contributed by atoms with E-state index in [0.717, 1.165) is 5.56 Å². The van der Waals surface area contributed by atoms with E-state index < -0.39 is 15.0 Å². The van der Waals surface area contributed by atoms with Crippen molar-refractivity contribution in [3.63, 3.8) is 0 Å². The highest BCUT2D eigenvalue weighted by Gasteiger charge is 2.20. The molecule has 0 amide bonds. The molecule has 0 saturated heterocycles. The number of aryl methyl sites for hydroxylation is 1. The fourth-order valence-corrected chi connectivity index (χ4v) is 2.17. The van der Waals surface area contributed by atoms with Crippen LogP contribution in [0.2, 0.25) is 0 Å². The molecule has 0 aliphatic heterocycles. The monoisotopic (exact) mass is 248 g/mol. The molecule has 4 nitrogen and oxygen atoms in total. The lowest BCUT2D eigenvalue weighted by Crippen LogP contribution is -2.07. The van der Waals surface area contributed by atoms with Crippen molar-refractivity contribution in [1.82, 2.24) is 0 Å². The predicted molar refractivity (Wildman–Crippen MR) is 55.6 cm³/mol. The summed E-state index contributed by atoms with van der Waals surface area (Å²) in [6.07, 6.45) is 0. The second kappa shape index (κ2) is 4.20. The van der Waals surface area contributed by atoms with Gasteiger partial charge in [-0.2, -0.15) is 0 Å². The highest BCUT2D eigenvalue weighted by molar-refractivity contribution is 8.13. The first-order valence-corrected chi connectivity index (χ1v) is 6.31. The van der Waals surface area contributed by atoms with Gasteiger partial charge in [-0.05, 0) is 19.1 Å². The Kier molecular flexibility index (Phi) is 3.36. The van der Waals surface area contributed by atoms with Gasteiger partial charge in [0.1, 0.15) is 0 Å². The number of esters is 1. The average molecular weight is 249 g/mol. The standard InChI is InChI=1S/C9H9ClO4S/c1-6-3-4-8(15(10,12)13)7(5-6)9(11)14-2/h3-5H,1-2H3. The zero-order valence-electron chi connectivity index (χ0n) is 8.15. The third kappa shape index (κ3) is 2.70. The SMILES string of the molecule is COC(=O)c1cc(C)ccc1S(=O)(=O)Cl. The van der Waals surface area contributed by atoms with Crippen molar-refractivity contribution in [2.75, 3.05) is 7.11 Å². The number of ether oxygens (including phenoxy) is 1. The van der Waals surface area contributed by atoms with Crippen LogP contribution in [0.4, 0.5) is 0 Å². The molecule has 0 N–H and O–H groups in total. The van der Waals surface area contributed by atoms with Gasteiger partial charge in [0.15, 0.2) is 0 Å². The Morgan fingerprint density at radius 3 is 2.47 bits per heavy atom. The molecule has 0 unspecified atom stereocenters. The number of rotatable bonds is 2. The summed E-state index contributed by atoms with van der Waals surface area (Å²) in [5, 5.41) is 0. The van der Waals surface area contributed by atoms with Crippen LogP contribution in [-0.4, -0.2) is 21.5 Å². The first kappa shape index (κ1) is 12.0. The van der Waals surface area contributed by atoms with Crippen molar-refractivity contribution >= 4 is 25.7 Å². The lowest BCUT2D eigenvalue weighted by molar-refractivity contribution is 0.0596. The van der Waals surface area contributed by atoms with Crippen LogP contribution in [0, 0.1) is 6.92 Å². The Morgan fingerprint density at radius 2 is 2.00 bits per heavy atom. The summed E-state index contributed by atoms with van der Waals surface area (Å²) in [6, 6.07) is 4.26. The van der Waals surface area contributed by atoms with Gasteiger partial charge in [0, 0.05) is 10.7 Å². The van der Waals surface area contributed by atoms with Gasteiger partial charge >= 0.3 is 5.97 Å². The molecule has 1 aromatic carbocycles. The van der Waals surface area contributed by atoms with E-state index in [4.69, 9.17) is 10.7 Å². The minimum Gasteiger partial charge on any atom is -0.465 e. The number of halogens is 1. The van der Waals surface area contributed by atoms with E-state index in [1.165, 1.54) is 19.2 Å². The van der Waals surface area contributed by atoms with E-state index in [2.05, 4.69) is 4.74 Å². The van der Waals surface area contributed by atoms with Crippen LogP contribution in [0.5, 0.6) is 0 Å². The molecule has 0 aromatic heterocycles. The molecule has 0 saturated carbocycles. The molecule has 0 fully saturated rings. The van der Waals surface area contributed by atoms with Crippen LogP contribution < -0.4 is 0 Å². The van der Waals surface area contributed by atoms with Crippen molar-refractivity contribution in [2.45, 2.75) is 11.8 Å². The Labute approximate surface area is 92.2 Å². The Bertz CT molecular complexity index is 493. The fourth-order valence-electron chi connectivity index (χ4n) is 1.13. The van der Waals surface area contributed by atoms with Crippen molar-refractivity contribution in [3.8, 4) is 0 Å². The largest absolute Gasteiger partial charge is 0.465 e. The molecule has 0 bridgehead atoms. The molecule has 0 spiro atoms. The normalized spacial score (nSPS) is 11.1. The van der Waals surface area contributed by atoms with Crippen molar-refractivity contribution in [1.29, 1.82) is 0 Å². The highest BCUT2D eigenvalue weighted by Crippen LogP contribution is 2.21.